The molecule has 1 aromatic carbocycles. The molecule has 0 radical (unpaired) electrons. The molecule has 0 bridgehead atoms. The van der Waals surface area contributed by atoms with Crippen LogP contribution in [-0.2, 0) is 0 Å². The number of pyridine rings is 1. The standard InChI is InChI=1S/C17H18FN7/c1-9-7-12(8-10(2)22-9)14-15(11-3-5-13(18)6-4-11)23-17(19)25(21)16(14)24-20/h3-8H,20-21H2,1-2H3,(H2,19,23)/b24-16-. The Morgan fingerprint density at radius 1 is 1.00 bits per heavy atom. The van der Waals surface area contributed by atoms with Gasteiger partial charge >= 0.3 is 0 Å². The highest BCUT2D eigenvalue weighted by Gasteiger charge is 2.17. The van der Waals surface area contributed by atoms with Crippen molar-refractivity contribution in [1.82, 2.24) is 14.6 Å². The summed E-state index contributed by atoms with van der Waals surface area (Å²) in [5.41, 5.74) is 10.4. The molecule has 0 saturated heterocycles. The smallest absolute Gasteiger partial charge is 0.221 e. The lowest BCUT2D eigenvalue weighted by Crippen LogP contribution is -2.34. The third-order valence-electron chi connectivity index (χ3n) is 3.77. The van der Waals surface area contributed by atoms with Crippen molar-refractivity contribution < 1.29 is 4.39 Å². The zero-order valence-electron chi connectivity index (χ0n) is 13.9. The molecule has 7 nitrogen and oxygen atoms in total. The predicted octanol–water partition coefficient (Wildman–Crippen LogP) is 1.44. The molecule has 0 saturated carbocycles. The van der Waals surface area contributed by atoms with Crippen molar-refractivity contribution in [1.29, 1.82) is 0 Å². The minimum Gasteiger partial charge on any atom is -0.368 e. The molecule has 0 amide bonds. The lowest BCUT2D eigenvalue weighted by molar-refractivity contribution is 0.628. The summed E-state index contributed by atoms with van der Waals surface area (Å²) >= 11 is 0. The minimum atomic E-state index is -0.345. The quantitative estimate of drug-likeness (QED) is 0.482. The Labute approximate surface area is 143 Å². The molecular formula is C17H18FN7. The van der Waals surface area contributed by atoms with Crippen molar-refractivity contribution in [3.05, 3.63) is 59.1 Å². The summed E-state index contributed by atoms with van der Waals surface area (Å²) in [5.74, 6) is 11.2. The first-order chi connectivity index (χ1) is 11.9. The molecule has 2 heterocycles. The Hall–Kier alpha value is -3.42. The first-order valence-electron chi connectivity index (χ1n) is 7.54. The summed E-state index contributed by atoms with van der Waals surface area (Å²) in [6, 6.07) is 9.68. The molecule has 8 heteroatoms. The summed E-state index contributed by atoms with van der Waals surface area (Å²) in [6.07, 6.45) is 0. The molecular weight excluding hydrogens is 321 g/mol. The minimum absolute atomic E-state index is 0.0368. The number of nitrogen functional groups attached to an aromatic ring is 2. The van der Waals surface area contributed by atoms with Crippen LogP contribution in [0.1, 0.15) is 11.4 Å². The Balaban J connectivity index is 2.43. The number of nitrogens with two attached hydrogens (primary N) is 3. The number of aryl methyl sites for hydroxylation is 2. The van der Waals surface area contributed by atoms with Crippen LogP contribution in [0.25, 0.3) is 22.4 Å². The molecule has 0 unspecified atom stereocenters. The molecule has 0 atom stereocenters. The average molecular weight is 339 g/mol. The largest absolute Gasteiger partial charge is 0.368 e. The average Bonchev–Trinajstić information content (AvgIpc) is 2.56. The van der Waals surface area contributed by atoms with Crippen LogP contribution >= 0.6 is 0 Å². The van der Waals surface area contributed by atoms with Crippen LogP contribution in [0.4, 0.5) is 10.3 Å². The lowest BCUT2D eigenvalue weighted by atomic mass is 9.99. The van der Waals surface area contributed by atoms with Gasteiger partial charge < -0.3 is 17.4 Å². The van der Waals surface area contributed by atoms with Gasteiger partial charge in [-0.3, -0.25) is 4.98 Å². The van der Waals surface area contributed by atoms with Gasteiger partial charge in [-0.05, 0) is 55.8 Å². The van der Waals surface area contributed by atoms with Crippen LogP contribution in [0.5, 0.6) is 0 Å². The maximum Gasteiger partial charge on any atom is 0.221 e. The van der Waals surface area contributed by atoms with Gasteiger partial charge in [0.1, 0.15) is 5.82 Å². The molecule has 6 N–H and O–H groups in total. The van der Waals surface area contributed by atoms with Crippen molar-refractivity contribution in [2.24, 2.45) is 10.9 Å². The summed E-state index contributed by atoms with van der Waals surface area (Å²) in [5, 5.41) is 3.79. The molecule has 0 aliphatic heterocycles. The number of rotatable bonds is 2. The second-order valence-electron chi connectivity index (χ2n) is 5.66. The maximum atomic E-state index is 13.3. The van der Waals surface area contributed by atoms with Crippen LogP contribution in [0, 0.1) is 19.7 Å². The summed E-state index contributed by atoms with van der Waals surface area (Å²) in [6.45, 7) is 3.77. The summed E-state index contributed by atoms with van der Waals surface area (Å²) < 4.78 is 14.4. The SMILES string of the molecule is Cc1cc(-c2c(-c3ccc(F)cc3)nc(N)n(N)/c2=N\N)cc(C)n1. The van der Waals surface area contributed by atoms with Gasteiger partial charge in [-0.25, -0.2) is 14.1 Å². The maximum absolute atomic E-state index is 13.3. The highest BCUT2D eigenvalue weighted by molar-refractivity contribution is 5.81. The second-order valence-corrected chi connectivity index (χ2v) is 5.66. The van der Waals surface area contributed by atoms with Crippen LogP contribution in [-0.4, -0.2) is 14.6 Å². The van der Waals surface area contributed by atoms with E-state index >= 15 is 0 Å². The zero-order valence-corrected chi connectivity index (χ0v) is 13.9. The van der Waals surface area contributed by atoms with Crippen LogP contribution in [0.2, 0.25) is 0 Å². The van der Waals surface area contributed by atoms with Gasteiger partial charge in [0.25, 0.3) is 0 Å². The van der Waals surface area contributed by atoms with Gasteiger partial charge in [-0.15, -0.1) is 0 Å². The Kier molecular flexibility index (Phi) is 4.10. The summed E-state index contributed by atoms with van der Waals surface area (Å²) in [4.78, 5) is 8.75. The molecule has 0 aliphatic carbocycles. The van der Waals surface area contributed by atoms with Gasteiger partial charge in [0.15, 0.2) is 5.49 Å². The fourth-order valence-electron chi connectivity index (χ4n) is 2.75. The van der Waals surface area contributed by atoms with Gasteiger partial charge in [-0.1, -0.05) is 0 Å². The third kappa shape index (κ3) is 3.01. The van der Waals surface area contributed by atoms with E-state index in [1.54, 1.807) is 12.1 Å². The lowest BCUT2D eigenvalue weighted by Gasteiger charge is -2.15. The number of halogens is 1. The molecule has 0 fully saturated rings. The topological polar surface area (TPSA) is 121 Å². The van der Waals surface area contributed by atoms with Crippen LogP contribution < -0.4 is 22.9 Å². The van der Waals surface area contributed by atoms with E-state index in [0.717, 1.165) is 21.6 Å². The van der Waals surface area contributed by atoms with Crippen molar-refractivity contribution in [3.63, 3.8) is 0 Å². The normalized spacial score (nSPS) is 11.7. The van der Waals surface area contributed by atoms with Crippen molar-refractivity contribution in [2.45, 2.75) is 13.8 Å². The fraction of sp³-hybridized carbons (Fsp3) is 0.118. The number of aromatic nitrogens is 3. The Morgan fingerprint density at radius 3 is 2.16 bits per heavy atom. The van der Waals surface area contributed by atoms with E-state index in [1.807, 2.05) is 26.0 Å². The number of nitrogens with zero attached hydrogens (tertiary/aromatic N) is 4. The first kappa shape index (κ1) is 16.4. The van der Waals surface area contributed by atoms with E-state index in [1.165, 1.54) is 12.1 Å². The van der Waals surface area contributed by atoms with Gasteiger partial charge in [0, 0.05) is 17.0 Å². The first-order valence-corrected chi connectivity index (χ1v) is 7.54. The fourth-order valence-corrected chi connectivity index (χ4v) is 2.75. The Morgan fingerprint density at radius 2 is 1.60 bits per heavy atom. The number of hydrogen-bond acceptors (Lipinski definition) is 6. The zero-order chi connectivity index (χ0) is 18.1. The van der Waals surface area contributed by atoms with Crippen molar-refractivity contribution in [3.8, 4) is 22.4 Å². The highest BCUT2D eigenvalue weighted by Crippen LogP contribution is 2.29. The van der Waals surface area contributed by atoms with Gasteiger partial charge in [0.2, 0.25) is 5.95 Å². The van der Waals surface area contributed by atoms with Crippen LogP contribution in [0.3, 0.4) is 0 Å². The van der Waals surface area contributed by atoms with E-state index in [0.29, 0.717) is 16.8 Å². The monoisotopic (exact) mass is 339 g/mol. The van der Waals surface area contributed by atoms with E-state index in [-0.39, 0.29) is 17.3 Å². The van der Waals surface area contributed by atoms with E-state index in [9.17, 15) is 4.39 Å². The van der Waals surface area contributed by atoms with E-state index in [4.69, 9.17) is 17.4 Å². The molecule has 3 rings (SSSR count). The summed E-state index contributed by atoms with van der Waals surface area (Å²) in [7, 11) is 0. The van der Waals surface area contributed by atoms with Crippen molar-refractivity contribution >= 4 is 5.95 Å². The highest BCUT2D eigenvalue weighted by atomic mass is 19.1. The predicted molar refractivity (Wildman–Crippen MR) is 94.6 cm³/mol. The molecule has 0 spiro atoms. The van der Waals surface area contributed by atoms with Crippen molar-refractivity contribution in [2.75, 3.05) is 11.6 Å². The third-order valence-corrected chi connectivity index (χ3v) is 3.77. The Bertz CT molecular complexity index is 986. The molecule has 25 heavy (non-hydrogen) atoms. The molecule has 2 aromatic heterocycles. The number of hydrogen-bond donors (Lipinski definition) is 3. The van der Waals surface area contributed by atoms with Crippen LogP contribution in [0.15, 0.2) is 41.5 Å². The van der Waals surface area contributed by atoms with Gasteiger partial charge in [0.05, 0.1) is 11.3 Å². The molecule has 0 aliphatic rings. The molecule has 3 aromatic rings. The van der Waals surface area contributed by atoms with Gasteiger partial charge in [-0.2, -0.15) is 5.10 Å². The van der Waals surface area contributed by atoms with E-state index in [2.05, 4.69) is 15.1 Å². The number of benzene rings is 1. The number of anilines is 1. The van der Waals surface area contributed by atoms with E-state index < -0.39 is 0 Å². The molecule has 128 valence electrons. The second kappa shape index (κ2) is 6.23.